The first-order valence-electron chi connectivity index (χ1n) is 7.87. The molecule has 1 heterocycles. The molecule has 1 aliphatic rings. The van der Waals surface area contributed by atoms with Crippen LogP contribution in [0.25, 0.3) is 5.69 Å². The number of fused-ring (bicyclic) bond motifs is 1. The van der Waals surface area contributed by atoms with Crippen LogP contribution in [0.3, 0.4) is 0 Å². The van der Waals surface area contributed by atoms with E-state index in [9.17, 15) is 19.1 Å². The van der Waals surface area contributed by atoms with E-state index in [1.165, 1.54) is 6.07 Å². The Hall–Kier alpha value is -1.70. The van der Waals surface area contributed by atoms with Gasteiger partial charge in [-0.05, 0) is 37.8 Å². The van der Waals surface area contributed by atoms with Crippen LogP contribution in [0.15, 0.2) is 30.5 Å². The van der Waals surface area contributed by atoms with Crippen molar-refractivity contribution < 1.29 is 48.6 Å². The Bertz CT molecular complexity index is 778. The van der Waals surface area contributed by atoms with E-state index < -0.39 is 5.97 Å². The molecule has 1 aromatic heterocycles. The molecule has 25 heavy (non-hydrogen) atoms. The van der Waals surface area contributed by atoms with E-state index in [4.69, 9.17) is 0 Å². The Morgan fingerprint density at radius 2 is 2.08 bits per heavy atom. The number of carbonyl (C=O) groups excluding carboxylic acids is 2. The molecule has 0 saturated heterocycles. The molecule has 2 aromatic rings. The number of aliphatic carboxylic acids is 1. The van der Waals surface area contributed by atoms with Crippen molar-refractivity contribution in [2.24, 2.45) is 0 Å². The number of para-hydroxylation sites is 1. The zero-order valence-electron chi connectivity index (χ0n) is 14.0. The van der Waals surface area contributed by atoms with Gasteiger partial charge in [-0.2, -0.15) is 5.10 Å². The van der Waals surface area contributed by atoms with Crippen LogP contribution in [0.4, 0.5) is 4.39 Å². The second-order valence-corrected chi connectivity index (χ2v) is 5.79. The molecule has 0 radical (unpaired) electrons. The summed E-state index contributed by atoms with van der Waals surface area (Å²) in [6.07, 6.45) is 3.54. The van der Waals surface area contributed by atoms with E-state index in [2.05, 4.69) is 10.4 Å². The summed E-state index contributed by atoms with van der Waals surface area (Å²) in [5.74, 6) is -1.94. The standard InChI is InChI=1S/C17H18FN3O3.Na/c18-12-4-1-2-6-15(12)21-14-7-3-5-13(11(14)10-19-21)20-16(22)8-9-17(23)24;/h1-2,4,6,10,13H,3,5,7-9H2,(H,20,22)(H,23,24);/q;+1/p-1. The van der Waals surface area contributed by atoms with Crippen LogP contribution < -0.4 is 40.0 Å². The average Bonchev–Trinajstić information content (AvgIpc) is 2.98. The molecule has 8 heteroatoms. The zero-order chi connectivity index (χ0) is 17.1. The number of nitrogens with zero attached hydrogens (tertiary/aromatic N) is 2. The predicted molar refractivity (Wildman–Crippen MR) is 81.6 cm³/mol. The third-order valence-electron chi connectivity index (χ3n) is 4.16. The minimum Gasteiger partial charge on any atom is -0.550 e. The van der Waals surface area contributed by atoms with Gasteiger partial charge in [0.1, 0.15) is 11.5 Å². The van der Waals surface area contributed by atoms with Gasteiger partial charge in [0.15, 0.2) is 0 Å². The van der Waals surface area contributed by atoms with Crippen molar-refractivity contribution in [2.75, 3.05) is 0 Å². The fourth-order valence-electron chi connectivity index (χ4n) is 3.02. The number of carbonyl (C=O) groups is 2. The molecule has 1 atom stereocenters. The number of aromatic nitrogens is 2. The average molecular weight is 353 g/mol. The summed E-state index contributed by atoms with van der Waals surface area (Å²) in [6.45, 7) is 0. The third-order valence-corrected chi connectivity index (χ3v) is 4.16. The molecule has 3 rings (SSSR count). The molecule has 0 saturated carbocycles. The van der Waals surface area contributed by atoms with Gasteiger partial charge in [0.2, 0.25) is 5.91 Å². The Morgan fingerprint density at radius 1 is 1.32 bits per heavy atom. The van der Waals surface area contributed by atoms with E-state index >= 15 is 0 Å². The van der Waals surface area contributed by atoms with Crippen molar-refractivity contribution in [3.63, 3.8) is 0 Å². The molecule has 0 aliphatic heterocycles. The zero-order valence-corrected chi connectivity index (χ0v) is 16.0. The molecule has 1 N–H and O–H groups in total. The first-order chi connectivity index (χ1) is 11.6. The van der Waals surface area contributed by atoms with Gasteiger partial charge in [-0.15, -0.1) is 0 Å². The van der Waals surface area contributed by atoms with Crippen molar-refractivity contribution in [1.82, 2.24) is 15.1 Å². The topological polar surface area (TPSA) is 87.0 Å². The normalized spacial score (nSPS) is 15.8. The molecule has 126 valence electrons. The number of halogens is 1. The first-order valence-corrected chi connectivity index (χ1v) is 7.87. The second-order valence-electron chi connectivity index (χ2n) is 5.79. The van der Waals surface area contributed by atoms with Crippen LogP contribution in [0.5, 0.6) is 0 Å². The minimum absolute atomic E-state index is 0. The third kappa shape index (κ3) is 4.48. The van der Waals surface area contributed by atoms with Crippen LogP contribution in [0, 0.1) is 5.82 Å². The fraction of sp³-hybridized carbons (Fsp3) is 0.353. The maximum atomic E-state index is 14.0. The summed E-state index contributed by atoms with van der Waals surface area (Å²) in [7, 11) is 0. The number of benzene rings is 1. The van der Waals surface area contributed by atoms with Gasteiger partial charge in [-0.25, -0.2) is 9.07 Å². The van der Waals surface area contributed by atoms with E-state index in [1.54, 1.807) is 29.1 Å². The van der Waals surface area contributed by atoms with Crippen molar-refractivity contribution in [3.8, 4) is 5.69 Å². The van der Waals surface area contributed by atoms with Crippen LogP contribution in [-0.4, -0.2) is 21.7 Å². The fourth-order valence-corrected chi connectivity index (χ4v) is 3.02. The second kappa shape index (κ2) is 8.60. The molecule has 1 amide bonds. The van der Waals surface area contributed by atoms with Gasteiger partial charge in [-0.3, -0.25) is 4.79 Å². The Morgan fingerprint density at radius 3 is 2.80 bits per heavy atom. The Balaban J connectivity index is 0.00000225. The van der Waals surface area contributed by atoms with Crippen LogP contribution in [0.2, 0.25) is 0 Å². The predicted octanol–water partition coefficient (Wildman–Crippen LogP) is -1.96. The Labute approximate surface area is 166 Å². The smallest absolute Gasteiger partial charge is 0.550 e. The van der Waals surface area contributed by atoms with Gasteiger partial charge in [0, 0.05) is 23.6 Å². The molecular formula is C17H17FN3NaO3. The van der Waals surface area contributed by atoms with Crippen LogP contribution in [0.1, 0.15) is 43.0 Å². The maximum absolute atomic E-state index is 14.0. The number of rotatable bonds is 5. The van der Waals surface area contributed by atoms with Crippen molar-refractivity contribution in [2.45, 2.75) is 38.1 Å². The Kier molecular flexibility index (Phi) is 6.75. The van der Waals surface area contributed by atoms with Crippen molar-refractivity contribution >= 4 is 11.9 Å². The number of carboxylic acids is 1. The van der Waals surface area contributed by atoms with Gasteiger partial charge in [0.25, 0.3) is 0 Å². The number of amides is 1. The molecule has 1 unspecified atom stereocenters. The molecule has 6 nitrogen and oxygen atoms in total. The van der Waals surface area contributed by atoms with Crippen molar-refractivity contribution in [3.05, 3.63) is 47.5 Å². The summed E-state index contributed by atoms with van der Waals surface area (Å²) in [5, 5.41) is 17.6. The molecule has 1 aliphatic carbocycles. The van der Waals surface area contributed by atoms with E-state index in [-0.39, 0.29) is 60.2 Å². The SMILES string of the molecule is O=C([O-])CCC(=O)NC1CCCc2c1cnn2-c1ccccc1F.[Na+]. The van der Waals surface area contributed by atoms with E-state index in [0.29, 0.717) is 5.69 Å². The van der Waals surface area contributed by atoms with E-state index in [1.807, 2.05) is 0 Å². The monoisotopic (exact) mass is 353 g/mol. The summed E-state index contributed by atoms with van der Waals surface area (Å²) in [4.78, 5) is 22.3. The minimum atomic E-state index is -1.25. The summed E-state index contributed by atoms with van der Waals surface area (Å²) >= 11 is 0. The largest absolute Gasteiger partial charge is 1.00 e. The summed E-state index contributed by atoms with van der Waals surface area (Å²) in [5.41, 5.74) is 2.10. The van der Waals surface area contributed by atoms with Gasteiger partial charge >= 0.3 is 29.6 Å². The van der Waals surface area contributed by atoms with Gasteiger partial charge < -0.3 is 15.2 Å². The number of carboxylic acid groups (broad SMARTS) is 1. The van der Waals surface area contributed by atoms with Gasteiger partial charge in [-0.1, -0.05) is 12.1 Å². The van der Waals surface area contributed by atoms with Crippen molar-refractivity contribution in [1.29, 1.82) is 0 Å². The summed E-state index contributed by atoms with van der Waals surface area (Å²) in [6, 6.07) is 6.17. The molecule has 0 fully saturated rings. The molecule has 0 spiro atoms. The quantitative estimate of drug-likeness (QED) is 0.633. The molecular weight excluding hydrogens is 336 g/mol. The number of nitrogens with one attached hydrogen (secondary N) is 1. The number of hydrogen-bond donors (Lipinski definition) is 1. The van der Waals surface area contributed by atoms with Gasteiger partial charge in [0.05, 0.1) is 12.2 Å². The van der Waals surface area contributed by atoms with E-state index in [0.717, 1.165) is 30.5 Å². The number of hydrogen-bond acceptors (Lipinski definition) is 4. The molecule has 0 bridgehead atoms. The molecule has 1 aromatic carbocycles. The first kappa shape index (κ1) is 19.6. The van der Waals surface area contributed by atoms with Crippen LogP contribution in [-0.2, 0) is 16.0 Å². The van der Waals surface area contributed by atoms with Crippen LogP contribution >= 0.6 is 0 Å². The maximum Gasteiger partial charge on any atom is 1.00 e. The summed E-state index contributed by atoms with van der Waals surface area (Å²) < 4.78 is 15.6.